The first kappa shape index (κ1) is 11.0. The topological polar surface area (TPSA) is 76.1 Å². The molecule has 0 aliphatic carbocycles. The highest BCUT2D eigenvalue weighted by Gasteiger charge is 2.28. The molecule has 1 aromatic rings. The first-order chi connectivity index (χ1) is 7.81. The largest absolute Gasteiger partial charge is 0.378 e. The normalized spacial score (nSPS) is 24.3. The molecule has 2 N–H and O–H groups in total. The molecule has 0 radical (unpaired) electrons. The van der Waals surface area contributed by atoms with Gasteiger partial charge in [-0.25, -0.2) is 0 Å². The lowest BCUT2D eigenvalue weighted by molar-refractivity contribution is 0.0779. The second-order valence-corrected chi connectivity index (χ2v) is 3.64. The number of ether oxygens (including phenoxy) is 1. The van der Waals surface area contributed by atoms with E-state index in [4.69, 9.17) is 4.74 Å². The van der Waals surface area contributed by atoms with Crippen LogP contribution in [-0.2, 0) is 4.74 Å². The molecule has 2 heterocycles. The molecule has 2 rings (SSSR count). The van der Waals surface area contributed by atoms with Gasteiger partial charge in [-0.05, 0) is 6.07 Å². The van der Waals surface area contributed by atoms with E-state index >= 15 is 0 Å². The van der Waals surface area contributed by atoms with Crippen molar-refractivity contribution >= 4 is 5.91 Å². The molecule has 6 heteroatoms. The van der Waals surface area contributed by atoms with Gasteiger partial charge in [-0.3, -0.25) is 4.79 Å². The molecule has 1 saturated heterocycles. The minimum Gasteiger partial charge on any atom is -0.378 e. The smallest absolute Gasteiger partial charge is 0.253 e. The lowest BCUT2D eigenvalue weighted by atomic mass is 10.2. The standard InChI is InChI=1S/C10H14N4O2/c1-16-9-6-11-5-8(9)14-10(15)7-2-3-12-13-4-7/h2-4,8-9,11H,5-6H2,1H3,(H,14,15)/t8?,9-/m0/s1. The summed E-state index contributed by atoms with van der Waals surface area (Å²) in [5.41, 5.74) is 0.511. The third kappa shape index (κ3) is 2.34. The molecule has 1 amide bonds. The number of rotatable bonds is 3. The third-order valence-corrected chi connectivity index (χ3v) is 2.62. The van der Waals surface area contributed by atoms with E-state index in [0.717, 1.165) is 13.1 Å². The molecule has 86 valence electrons. The fourth-order valence-corrected chi connectivity index (χ4v) is 1.72. The Balaban J connectivity index is 1.97. The molecule has 0 spiro atoms. The van der Waals surface area contributed by atoms with Crippen LogP contribution in [0.1, 0.15) is 10.4 Å². The fraction of sp³-hybridized carbons (Fsp3) is 0.500. The molecule has 2 atom stereocenters. The van der Waals surface area contributed by atoms with Crippen LogP contribution in [0.4, 0.5) is 0 Å². The Morgan fingerprint density at radius 3 is 3.12 bits per heavy atom. The summed E-state index contributed by atoms with van der Waals surface area (Å²) in [6, 6.07) is 1.64. The van der Waals surface area contributed by atoms with Gasteiger partial charge in [0.05, 0.1) is 30.1 Å². The van der Waals surface area contributed by atoms with Crippen LogP contribution in [0.2, 0.25) is 0 Å². The summed E-state index contributed by atoms with van der Waals surface area (Å²) in [6.45, 7) is 1.48. The third-order valence-electron chi connectivity index (χ3n) is 2.62. The van der Waals surface area contributed by atoms with Gasteiger partial charge < -0.3 is 15.4 Å². The maximum absolute atomic E-state index is 11.8. The number of hydrogen-bond donors (Lipinski definition) is 2. The Morgan fingerprint density at radius 2 is 2.44 bits per heavy atom. The zero-order valence-electron chi connectivity index (χ0n) is 9.01. The van der Waals surface area contributed by atoms with Crippen molar-refractivity contribution in [2.75, 3.05) is 20.2 Å². The van der Waals surface area contributed by atoms with Crippen molar-refractivity contribution in [1.29, 1.82) is 0 Å². The highest BCUT2D eigenvalue weighted by atomic mass is 16.5. The van der Waals surface area contributed by atoms with Crippen LogP contribution in [0.5, 0.6) is 0 Å². The average molecular weight is 222 g/mol. The van der Waals surface area contributed by atoms with E-state index in [1.165, 1.54) is 12.4 Å². The number of nitrogens with one attached hydrogen (secondary N) is 2. The van der Waals surface area contributed by atoms with E-state index in [1.54, 1.807) is 13.2 Å². The molecule has 0 bridgehead atoms. The monoisotopic (exact) mass is 222 g/mol. The Morgan fingerprint density at radius 1 is 1.56 bits per heavy atom. The molecule has 1 unspecified atom stereocenters. The quantitative estimate of drug-likeness (QED) is 0.699. The Labute approximate surface area is 93.4 Å². The summed E-state index contributed by atoms with van der Waals surface area (Å²) in [6.07, 6.45) is 2.97. The Bertz CT molecular complexity index is 357. The van der Waals surface area contributed by atoms with E-state index in [2.05, 4.69) is 20.8 Å². The lowest BCUT2D eigenvalue weighted by Crippen LogP contribution is -2.43. The summed E-state index contributed by atoms with van der Waals surface area (Å²) in [5.74, 6) is -0.148. The predicted octanol–water partition coefficient (Wildman–Crippen LogP) is -0.807. The number of methoxy groups -OCH3 is 1. The molecule has 1 aliphatic heterocycles. The minimum atomic E-state index is -0.148. The first-order valence-corrected chi connectivity index (χ1v) is 5.12. The van der Waals surface area contributed by atoms with Crippen LogP contribution < -0.4 is 10.6 Å². The zero-order valence-corrected chi connectivity index (χ0v) is 9.01. The number of hydrogen-bond acceptors (Lipinski definition) is 5. The summed E-state index contributed by atoms with van der Waals surface area (Å²) in [4.78, 5) is 11.8. The van der Waals surface area contributed by atoms with Crippen molar-refractivity contribution in [1.82, 2.24) is 20.8 Å². The van der Waals surface area contributed by atoms with Crippen LogP contribution in [0.3, 0.4) is 0 Å². The molecular formula is C10H14N4O2. The molecular weight excluding hydrogens is 208 g/mol. The van der Waals surface area contributed by atoms with Crippen molar-refractivity contribution < 1.29 is 9.53 Å². The van der Waals surface area contributed by atoms with Gasteiger partial charge in [-0.1, -0.05) is 0 Å². The van der Waals surface area contributed by atoms with E-state index < -0.39 is 0 Å². The van der Waals surface area contributed by atoms with Gasteiger partial charge in [0.2, 0.25) is 0 Å². The Hall–Kier alpha value is -1.53. The van der Waals surface area contributed by atoms with E-state index in [-0.39, 0.29) is 18.1 Å². The average Bonchev–Trinajstić information content (AvgIpc) is 2.77. The van der Waals surface area contributed by atoms with Crippen LogP contribution in [0, 0.1) is 0 Å². The molecule has 1 aromatic heterocycles. The van der Waals surface area contributed by atoms with Gasteiger partial charge in [0.15, 0.2) is 0 Å². The molecule has 6 nitrogen and oxygen atoms in total. The second kappa shape index (κ2) is 5.00. The van der Waals surface area contributed by atoms with Gasteiger partial charge in [0, 0.05) is 20.2 Å². The Kier molecular flexibility index (Phi) is 3.43. The fourth-order valence-electron chi connectivity index (χ4n) is 1.72. The molecule has 0 aromatic carbocycles. The maximum atomic E-state index is 11.8. The number of carbonyl (C=O) groups excluding carboxylic acids is 1. The van der Waals surface area contributed by atoms with Gasteiger partial charge in [-0.2, -0.15) is 10.2 Å². The summed E-state index contributed by atoms with van der Waals surface area (Å²) >= 11 is 0. The van der Waals surface area contributed by atoms with Crippen molar-refractivity contribution in [3.63, 3.8) is 0 Å². The number of aromatic nitrogens is 2. The number of amides is 1. The van der Waals surface area contributed by atoms with Gasteiger partial charge in [0.1, 0.15) is 0 Å². The summed E-state index contributed by atoms with van der Waals surface area (Å²) < 4.78 is 5.26. The molecule has 1 aliphatic rings. The summed E-state index contributed by atoms with van der Waals surface area (Å²) in [5, 5.41) is 13.3. The van der Waals surface area contributed by atoms with Crippen LogP contribution in [0.25, 0.3) is 0 Å². The van der Waals surface area contributed by atoms with Gasteiger partial charge in [0.25, 0.3) is 5.91 Å². The predicted molar refractivity (Wildman–Crippen MR) is 57.0 cm³/mol. The van der Waals surface area contributed by atoms with E-state index in [1.807, 2.05) is 0 Å². The van der Waals surface area contributed by atoms with Crippen LogP contribution in [-0.4, -0.2) is 48.4 Å². The molecule has 0 saturated carbocycles. The molecule has 16 heavy (non-hydrogen) atoms. The first-order valence-electron chi connectivity index (χ1n) is 5.12. The van der Waals surface area contributed by atoms with Crippen molar-refractivity contribution in [3.8, 4) is 0 Å². The second-order valence-electron chi connectivity index (χ2n) is 3.64. The van der Waals surface area contributed by atoms with Gasteiger partial charge >= 0.3 is 0 Å². The van der Waals surface area contributed by atoms with Crippen molar-refractivity contribution in [2.24, 2.45) is 0 Å². The van der Waals surface area contributed by atoms with E-state index in [9.17, 15) is 4.79 Å². The van der Waals surface area contributed by atoms with Crippen molar-refractivity contribution in [2.45, 2.75) is 12.1 Å². The highest BCUT2D eigenvalue weighted by Crippen LogP contribution is 2.05. The van der Waals surface area contributed by atoms with Crippen LogP contribution >= 0.6 is 0 Å². The SMILES string of the molecule is CO[C@H]1CNCC1NC(=O)c1ccnnc1. The van der Waals surface area contributed by atoms with Gasteiger partial charge in [-0.15, -0.1) is 0 Å². The van der Waals surface area contributed by atoms with E-state index in [0.29, 0.717) is 5.56 Å². The zero-order chi connectivity index (χ0) is 11.4. The number of carbonyl (C=O) groups is 1. The lowest BCUT2D eigenvalue weighted by Gasteiger charge is -2.18. The molecule has 1 fully saturated rings. The number of nitrogens with zero attached hydrogens (tertiary/aromatic N) is 2. The minimum absolute atomic E-state index is 0.00525. The maximum Gasteiger partial charge on any atom is 0.253 e. The van der Waals surface area contributed by atoms with Crippen molar-refractivity contribution in [3.05, 3.63) is 24.0 Å². The highest BCUT2D eigenvalue weighted by molar-refractivity contribution is 5.94. The summed E-state index contributed by atoms with van der Waals surface area (Å²) in [7, 11) is 1.64. The van der Waals surface area contributed by atoms with Crippen LogP contribution in [0.15, 0.2) is 18.5 Å².